The van der Waals surface area contributed by atoms with Crippen LogP contribution in [0.5, 0.6) is 0 Å². The number of hydrogen-bond acceptors (Lipinski definition) is 5. The van der Waals surface area contributed by atoms with E-state index in [4.69, 9.17) is 10.3 Å². The molecule has 1 aromatic rings. The lowest BCUT2D eigenvalue weighted by Gasteiger charge is -2.17. The molecule has 3 unspecified atom stereocenters. The second-order valence-electron chi connectivity index (χ2n) is 5.02. The molecule has 1 aromatic heterocycles. The van der Waals surface area contributed by atoms with Gasteiger partial charge in [-0.1, -0.05) is 11.6 Å². The van der Waals surface area contributed by atoms with Crippen molar-refractivity contribution in [1.29, 1.82) is 0 Å². The minimum atomic E-state index is -0.820. The van der Waals surface area contributed by atoms with Crippen LogP contribution in [-0.2, 0) is 0 Å². The maximum absolute atomic E-state index is 9.50. The highest BCUT2D eigenvalue weighted by molar-refractivity contribution is 5.06. The Bertz CT molecular complexity index is 379. The smallest absolute Gasteiger partial charge is 0.256 e. The van der Waals surface area contributed by atoms with Gasteiger partial charge in [-0.3, -0.25) is 0 Å². The number of rotatable bonds is 3. The van der Waals surface area contributed by atoms with Crippen LogP contribution in [0.25, 0.3) is 0 Å². The lowest BCUT2D eigenvalue weighted by molar-refractivity contribution is 0.141. The second-order valence-corrected chi connectivity index (χ2v) is 5.02. The second kappa shape index (κ2) is 3.82. The fraction of sp³-hybridized carbons (Fsp3) is 0.818. The Morgan fingerprint density at radius 3 is 2.94 bits per heavy atom. The van der Waals surface area contributed by atoms with Crippen molar-refractivity contribution in [2.24, 2.45) is 17.6 Å². The van der Waals surface area contributed by atoms with Gasteiger partial charge in [0.15, 0.2) is 5.82 Å². The molecule has 0 radical (unpaired) electrons. The van der Waals surface area contributed by atoms with Gasteiger partial charge in [0.2, 0.25) is 0 Å². The van der Waals surface area contributed by atoms with Gasteiger partial charge >= 0.3 is 0 Å². The van der Waals surface area contributed by atoms with Crippen LogP contribution in [0.2, 0.25) is 0 Å². The number of fused-ring (bicyclic) bond motifs is 2. The maximum atomic E-state index is 9.50. The molecular weight excluding hydrogens is 206 g/mol. The molecule has 4 atom stereocenters. The molecule has 2 aliphatic carbocycles. The van der Waals surface area contributed by atoms with Crippen LogP contribution in [0.1, 0.15) is 49.4 Å². The van der Waals surface area contributed by atoms with E-state index in [0.29, 0.717) is 5.92 Å². The summed E-state index contributed by atoms with van der Waals surface area (Å²) in [5, 5.41) is 13.5. The molecule has 0 aliphatic heterocycles. The number of hydrogen-bond donors (Lipinski definition) is 2. The lowest BCUT2D eigenvalue weighted by Crippen LogP contribution is -2.13. The molecule has 2 saturated carbocycles. The molecule has 2 aliphatic rings. The van der Waals surface area contributed by atoms with Crippen LogP contribution < -0.4 is 5.73 Å². The third kappa shape index (κ3) is 1.55. The van der Waals surface area contributed by atoms with E-state index in [0.717, 1.165) is 17.7 Å². The highest BCUT2D eigenvalue weighted by atomic mass is 16.5. The predicted molar refractivity (Wildman–Crippen MR) is 56.5 cm³/mol. The summed E-state index contributed by atoms with van der Waals surface area (Å²) in [4.78, 5) is 4.27. The Labute approximate surface area is 94.0 Å². The average Bonchev–Trinajstić information content (AvgIpc) is 3.02. The summed E-state index contributed by atoms with van der Waals surface area (Å²) < 4.78 is 5.05. The van der Waals surface area contributed by atoms with Gasteiger partial charge in [-0.25, -0.2) is 0 Å². The van der Waals surface area contributed by atoms with Crippen molar-refractivity contribution in [3.63, 3.8) is 0 Å². The summed E-state index contributed by atoms with van der Waals surface area (Å²) in [5.41, 5.74) is 5.35. The van der Waals surface area contributed by atoms with E-state index in [1.807, 2.05) is 0 Å². The number of aliphatic hydroxyl groups is 1. The van der Waals surface area contributed by atoms with E-state index in [1.165, 1.54) is 25.7 Å². The zero-order chi connectivity index (χ0) is 11.1. The summed E-state index contributed by atoms with van der Waals surface area (Å²) in [5.74, 6) is 3.07. The summed E-state index contributed by atoms with van der Waals surface area (Å²) in [6, 6.07) is 0. The highest BCUT2D eigenvalue weighted by Crippen LogP contribution is 2.52. The van der Waals surface area contributed by atoms with Gasteiger partial charge < -0.3 is 15.4 Å². The molecule has 0 aromatic carbocycles. The lowest BCUT2D eigenvalue weighted by atomic mass is 9.88. The molecule has 2 fully saturated rings. The van der Waals surface area contributed by atoms with Crippen molar-refractivity contribution in [2.45, 2.75) is 37.7 Å². The normalized spacial score (nSPS) is 34.5. The number of nitrogens with two attached hydrogens (primary N) is 1. The summed E-state index contributed by atoms with van der Waals surface area (Å²) >= 11 is 0. The predicted octanol–water partition coefficient (Wildman–Crippen LogP) is 0.965. The molecule has 1 heterocycles. The third-order valence-electron chi connectivity index (χ3n) is 4.04. The Morgan fingerprint density at radius 2 is 2.31 bits per heavy atom. The van der Waals surface area contributed by atoms with E-state index in [-0.39, 0.29) is 12.4 Å². The minimum absolute atomic E-state index is 0.123. The average molecular weight is 223 g/mol. The molecule has 16 heavy (non-hydrogen) atoms. The minimum Gasteiger partial charge on any atom is -0.382 e. The van der Waals surface area contributed by atoms with Crippen LogP contribution in [0.4, 0.5) is 0 Å². The molecule has 5 heteroatoms. The van der Waals surface area contributed by atoms with Crippen molar-refractivity contribution in [3.05, 3.63) is 11.7 Å². The maximum Gasteiger partial charge on any atom is 0.256 e. The summed E-state index contributed by atoms with van der Waals surface area (Å²) in [6.45, 7) is 0.123. The van der Waals surface area contributed by atoms with Crippen LogP contribution in [0.15, 0.2) is 4.52 Å². The first-order valence-corrected chi connectivity index (χ1v) is 5.99. The molecule has 3 rings (SSSR count). The van der Waals surface area contributed by atoms with Gasteiger partial charge in [0.1, 0.15) is 6.10 Å². The van der Waals surface area contributed by atoms with E-state index in [2.05, 4.69) is 10.1 Å². The third-order valence-corrected chi connectivity index (χ3v) is 4.04. The zero-order valence-corrected chi connectivity index (χ0v) is 9.17. The first kappa shape index (κ1) is 10.2. The standard InChI is InChI=1S/C11H17N3O2/c12-5-9(15)11-13-10(14-16-11)8-4-6-1-2-7(8)3-6/h6-9,15H,1-5,12H2/t6?,7?,8?,9-/m0/s1. The summed E-state index contributed by atoms with van der Waals surface area (Å²) in [6.07, 6.45) is 4.33. The molecule has 0 saturated heterocycles. The first-order valence-electron chi connectivity index (χ1n) is 5.99. The van der Waals surface area contributed by atoms with Crippen LogP contribution in [0.3, 0.4) is 0 Å². The van der Waals surface area contributed by atoms with E-state index in [9.17, 15) is 5.11 Å². The molecular formula is C11H17N3O2. The SMILES string of the molecule is NC[C@H](O)c1nc(C2CC3CCC2C3)no1. The monoisotopic (exact) mass is 223 g/mol. The summed E-state index contributed by atoms with van der Waals surface area (Å²) in [7, 11) is 0. The van der Waals surface area contributed by atoms with E-state index < -0.39 is 6.10 Å². The fourth-order valence-electron chi connectivity index (χ4n) is 3.19. The van der Waals surface area contributed by atoms with Gasteiger partial charge in [0, 0.05) is 12.5 Å². The van der Waals surface area contributed by atoms with Crippen LogP contribution >= 0.6 is 0 Å². The van der Waals surface area contributed by atoms with Crippen molar-refractivity contribution in [3.8, 4) is 0 Å². The number of aliphatic hydroxyl groups excluding tert-OH is 1. The van der Waals surface area contributed by atoms with Crippen LogP contribution in [-0.4, -0.2) is 21.8 Å². The number of aromatic nitrogens is 2. The van der Waals surface area contributed by atoms with Crippen molar-refractivity contribution >= 4 is 0 Å². The topological polar surface area (TPSA) is 85.2 Å². The van der Waals surface area contributed by atoms with Gasteiger partial charge in [-0.15, -0.1) is 0 Å². The molecule has 0 spiro atoms. The van der Waals surface area contributed by atoms with Gasteiger partial charge in [-0.05, 0) is 31.1 Å². The molecule has 3 N–H and O–H groups in total. The van der Waals surface area contributed by atoms with Gasteiger partial charge in [0.25, 0.3) is 5.89 Å². The molecule has 0 amide bonds. The quantitative estimate of drug-likeness (QED) is 0.797. The Hall–Kier alpha value is -0.940. The molecule has 5 nitrogen and oxygen atoms in total. The molecule has 88 valence electrons. The Balaban J connectivity index is 1.77. The zero-order valence-electron chi connectivity index (χ0n) is 9.17. The Kier molecular flexibility index (Phi) is 2.44. The largest absolute Gasteiger partial charge is 0.382 e. The first-order chi connectivity index (χ1) is 7.78. The Morgan fingerprint density at radius 1 is 1.44 bits per heavy atom. The van der Waals surface area contributed by atoms with Gasteiger partial charge in [-0.2, -0.15) is 4.98 Å². The highest BCUT2D eigenvalue weighted by Gasteiger charge is 2.42. The van der Waals surface area contributed by atoms with Gasteiger partial charge in [0.05, 0.1) is 0 Å². The van der Waals surface area contributed by atoms with Crippen molar-refractivity contribution < 1.29 is 9.63 Å². The van der Waals surface area contributed by atoms with E-state index >= 15 is 0 Å². The van der Waals surface area contributed by atoms with Crippen molar-refractivity contribution in [1.82, 2.24) is 10.1 Å². The fourth-order valence-corrected chi connectivity index (χ4v) is 3.19. The number of nitrogens with zero attached hydrogens (tertiary/aromatic N) is 2. The molecule has 2 bridgehead atoms. The van der Waals surface area contributed by atoms with Crippen molar-refractivity contribution in [2.75, 3.05) is 6.54 Å². The van der Waals surface area contributed by atoms with E-state index in [1.54, 1.807) is 0 Å². The van der Waals surface area contributed by atoms with Crippen LogP contribution in [0, 0.1) is 11.8 Å².